The van der Waals surface area contributed by atoms with Gasteiger partial charge in [0.2, 0.25) is 0 Å². The number of benzene rings is 1. The molecule has 0 aliphatic rings. The van der Waals surface area contributed by atoms with Crippen LogP contribution in [-0.2, 0) is 0 Å². The molecule has 1 N–H and O–H groups in total. The zero-order valence-electron chi connectivity index (χ0n) is 10.8. The van der Waals surface area contributed by atoms with E-state index in [1.165, 1.54) is 0 Å². The van der Waals surface area contributed by atoms with Crippen LogP contribution in [0.1, 0.15) is 10.5 Å². The third kappa shape index (κ3) is 3.76. The van der Waals surface area contributed by atoms with Gasteiger partial charge in [0.05, 0.1) is 90.9 Å². The lowest BCUT2D eigenvalue weighted by molar-refractivity contribution is 0.102. The number of nitrogens with zero attached hydrogens (tertiary/aromatic N) is 1. The fraction of sp³-hybridized carbons (Fsp3) is 0. The molecule has 0 bridgehead atoms. The van der Waals surface area contributed by atoms with E-state index >= 15 is 0 Å². The molecule has 1 aromatic carbocycles. The molecule has 24 heavy (non-hydrogen) atoms. The molecular formula is C10H3F5N2O2S5. The molecule has 14 heteroatoms. The van der Waals surface area contributed by atoms with Crippen LogP contribution >= 0.6 is 60.7 Å². The quantitative estimate of drug-likeness (QED) is 0.473. The monoisotopic (exact) mass is 438 g/mol. The first-order chi connectivity index (χ1) is 11.6. The Kier molecular flexibility index (Phi) is 7.46. The number of carbonyl (C=O) groups excluding carboxylic acids is 1. The van der Waals surface area contributed by atoms with Crippen LogP contribution in [-0.4, -0.2) is 10.9 Å². The molecule has 4 nitrogen and oxygen atoms in total. The summed E-state index contributed by atoms with van der Waals surface area (Å²) in [5.41, 5.74) is -0.770. The summed E-state index contributed by atoms with van der Waals surface area (Å²) >= 11 is -2.78. The average Bonchev–Trinajstić information content (AvgIpc) is 3.14. The topological polar surface area (TPSA) is 55.1 Å². The largest absolute Gasteiger partial charge is 0.451 e. The van der Waals surface area contributed by atoms with Crippen LogP contribution < -0.4 is 5.32 Å². The van der Waals surface area contributed by atoms with Gasteiger partial charge in [0.1, 0.15) is 6.26 Å². The molecule has 130 valence electrons. The molecule has 2 aromatic rings. The van der Waals surface area contributed by atoms with E-state index in [1.807, 2.05) is 0 Å². The smallest absolute Gasteiger partial charge is 0.277 e. The summed E-state index contributed by atoms with van der Waals surface area (Å²) in [4.78, 5) is 12.5. The lowest BCUT2D eigenvalue weighted by Crippen LogP contribution is -2.14. The molecule has 1 aromatic heterocycles. The zero-order chi connectivity index (χ0) is 17.7. The highest BCUT2D eigenvalue weighted by atomic mass is 32.2. The Morgan fingerprint density at radius 1 is 0.875 bits per heavy atom. The molecule has 2 rings (SSSR count). The lowest BCUT2D eigenvalue weighted by Gasteiger charge is -2.17. The number of oxazole rings is 1. The van der Waals surface area contributed by atoms with Crippen molar-refractivity contribution in [2.75, 3.05) is 5.32 Å². The van der Waals surface area contributed by atoms with Gasteiger partial charge < -0.3 is 9.73 Å². The van der Waals surface area contributed by atoms with E-state index in [4.69, 9.17) is 0 Å². The number of amides is 1. The molecule has 0 spiro atoms. The fourth-order valence-corrected chi connectivity index (χ4v) is 4.46. The van der Waals surface area contributed by atoms with E-state index in [-0.39, 0.29) is 5.69 Å². The highest BCUT2D eigenvalue weighted by Gasteiger charge is 2.29. The minimum absolute atomic E-state index is 0.229. The molecule has 0 fully saturated rings. The van der Waals surface area contributed by atoms with E-state index in [1.54, 1.807) is 0 Å². The summed E-state index contributed by atoms with van der Waals surface area (Å²) in [6, 6.07) is 0. The first-order valence-corrected chi connectivity index (χ1v) is 9.07. The minimum Gasteiger partial charge on any atom is -0.451 e. The van der Waals surface area contributed by atoms with Crippen LogP contribution in [0, 0.1) is 0 Å². The van der Waals surface area contributed by atoms with Crippen LogP contribution in [0.4, 0.5) is 25.1 Å². The van der Waals surface area contributed by atoms with Gasteiger partial charge >= 0.3 is 0 Å². The number of aromatic nitrogens is 1. The number of halogens is 5. The van der Waals surface area contributed by atoms with Crippen molar-refractivity contribution in [2.45, 2.75) is 24.5 Å². The van der Waals surface area contributed by atoms with Crippen molar-refractivity contribution in [3.8, 4) is 0 Å². The average molecular weight is 438 g/mol. The Morgan fingerprint density at radius 3 is 1.71 bits per heavy atom. The van der Waals surface area contributed by atoms with Gasteiger partial charge in [-0.05, 0) is 0 Å². The summed E-state index contributed by atoms with van der Waals surface area (Å²) in [6.07, 6.45) is 1.90. The molecule has 0 atom stereocenters. The van der Waals surface area contributed by atoms with E-state index < -0.39 is 96.8 Å². The highest BCUT2D eigenvalue weighted by Crippen LogP contribution is 2.54. The predicted molar refractivity (Wildman–Crippen MR) is 85.7 cm³/mol. The van der Waals surface area contributed by atoms with Crippen LogP contribution in [0.5, 0.6) is 0 Å². The van der Waals surface area contributed by atoms with Crippen molar-refractivity contribution < 1.29 is 28.6 Å². The number of hydrogen-bond acceptors (Lipinski definition) is 8. The summed E-state index contributed by atoms with van der Waals surface area (Å²) in [5.74, 6) is -0.931. The maximum atomic E-state index is 13.3. The van der Waals surface area contributed by atoms with Crippen molar-refractivity contribution >= 4 is 72.3 Å². The Labute approximate surface area is 153 Å². The maximum absolute atomic E-state index is 13.3. The third-order valence-electron chi connectivity index (χ3n) is 2.57. The number of anilines is 1. The van der Waals surface area contributed by atoms with Crippen LogP contribution in [0.3, 0.4) is 0 Å². The van der Waals surface area contributed by atoms with Crippen molar-refractivity contribution in [1.29, 1.82) is 0 Å². The molecule has 1 heterocycles. The molecule has 0 radical (unpaired) electrons. The van der Waals surface area contributed by atoms with Crippen LogP contribution in [0.15, 0.2) is 41.6 Å². The second-order valence-electron chi connectivity index (χ2n) is 3.73. The molecule has 1 amide bonds. The van der Waals surface area contributed by atoms with E-state index in [2.05, 4.69) is 14.7 Å². The Hall–Kier alpha value is -0.700. The standard InChI is InChI=1S/C10H3F5N2O2S5/c11-20-5-4(17-10(18)3-1-19-2-16-3)6(21-12)8(23-14)9(24-15)7(5)22-13/h1-2H,(H,17,18). The van der Waals surface area contributed by atoms with E-state index in [0.717, 1.165) is 12.7 Å². The van der Waals surface area contributed by atoms with Gasteiger partial charge in [-0.2, -0.15) is 19.4 Å². The van der Waals surface area contributed by atoms with Crippen molar-refractivity contribution in [2.24, 2.45) is 0 Å². The van der Waals surface area contributed by atoms with Crippen LogP contribution in [0.2, 0.25) is 0 Å². The molecule has 0 saturated carbocycles. The van der Waals surface area contributed by atoms with Gasteiger partial charge in [-0.15, -0.1) is 0 Å². The Morgan fingerprint density at radius 2 is 1.33 bits per heavy atom. The summed E-state index contributed by atoms with van der Waals surface area (Å²) < 4.78 is 70.5. The van der Waals surface area contributed by atoms with Crippen LogP contribution in [0.25, 0.3) is 0 Å². The van der Waals surface area contributed by atoms with Gasteiger partial charge in [-0.25, -0.2) is 4.98 Å². The third-order valence-corrected chi connectivity index (χ3v) is 5.90. The first-order valence-electron chi connectivity index (χ1n) is 5.49. The highest BCUT2D eigenvalue weighted by molar-refractivity contribution is 8.00. The first kappa shape index (κ1) is 19.6. The summed E-state index contributed by atoms with van der Waals surface area (Å²) in [5, 5.41) is 2.11. The number of carbonyl (C=O) groups is 1. The Balaban J connectivity index is 2.65. The van der Waals surface area contributed by atoms with Gasteiger partial charge in [-0.3, -0.25) is 4.79 Å². The minimum atomic E-state index is -0.931. The van der Waals surface area contributed by atoms with Crippen molar-refractivity contribution in [1.82, 2.24) is 4.98 Å². The summed E-state index contributed by atoms with van der Waals surface area (Å²) in [6.45, 7) is 0. The van der Waals surface area contributed by atoms with Gasteiger partial charge in [0.25, 0.3) is 5.91 Å². The molecule has 0 aliphatic heterocycles. The second-order valence-corrected chi connectivity index (χ2v) is 6.55. The van der Waals surface area contributed by atoms with Gasteiger partial charge in [0, 0.05) is 0 Å². The predicted octanol–water partition coefficient (Wildman–Crippen LogP) is 6.81. The van der Waals surface area contributed by atoms with E-state index in [9.17, 15) is 24.2 Å². The number of rotatable bonds is 7. The molecular weight excluding hydrogens is 435 g/mol. The molecule has 0 unspecified atom stereocenters. The number of nitrogens with one attached hydrogen (secondary N) is 1. The normalized spacial score (nSPS) is 10.9. The maximum Gasteiger partial charge on any atom is 0.277 e. The number of hydrogen-bond donors (Lipinski definition) is 1. The molecule has 0 aliphatic carbocycles. The van der Waals surface area contributed by atoms with Gasteiger partial charge in [-0.1, -0.05) is 0 Å². The lowest BCUT2D eigenvalue weighted by atomic mass is 10.3. The summed E-state index contributed by atoms with van der Waals surface area (Å²) in [7, 11) is 0. The van der Waals surface area contributed by atoms with Gasteiger partial charge in [0.15, 0.2) is 12.1 Å². The SMILES string of the molecule is O=C(Nc1c(SF)c(SF)c(SF)c(SF)c1SF)c1cocn1. The van der Waals surface area contributed by atoms with Crippen molar-refractivity contribution in [3.05, 3.63) is 18.4 Å². The molecule has 0 saturated heterocycles. The zero-order valence-corrected chi connectivity index (χ0v) is 14.9. The Bertz CT molecular complexity index is 700. The van der Waals surface area contributed by atoms with Crippen molar-refractivity contribution in [3.63, 3.8) is 0 Å². The van der Waals surface area contributed by atoms with E-state index in [0.29, 0.717) is 0 Å². The second kappa shape index (κ2) is 9.12. The fourth-order valence-electron chi connectivity index (χ4n) is 1.61.